The first-order valence-corrected chi connectivity index (χ1v) is 18.6. The van der Waals surface area contributed by atoms with Gasteiger partial charge in [0.15, 0.2) is 5.69 Å². The van der Waals surface area contributed by atoms with Crippen molar-refractivity contribution in [2.75, 3.05) is 0 Å². The fourth-order valence-corrected chi connectivity index (χ4v) is 10.3. The van der Waals surface area contributed by atoms with E-state index in [1.165, 1.54) is 76.1 Å². The molecule has 0 aliphatic carbocycles. The van der Waals surface area contributed by atoms with Crippen LogP contribution in [0.2, 0.25) is 0 Å². The van der Waals surface area contributed by atoms with Crippen molar-refractivity contribution in [2.24, 2.45) is 0 Å². The average Bonchev–Trinajstić information content (AvgIpc) is 3.77. The topological polar surface area (TPSA) is 38.0 Å². The highest BCUT2D eigenvalue weighted by Gasteiger charge is 2.42. The van der Waals surface area contributed by atoms with Gasteiger partial charge in [-0.25, -0.2) is 4.85 Å². The second-order valence-electron chi connectivity index (χ2n) is 15.0. The number of nitrogens with zero attached hydrogens (tertiary/aromatic N) is 4. The van der Waals surface area contributed by atoms with Gasteiger partial charge in [0.05, 0.1) is 34.8 Å². The van der Waals surface area contributed by atoms with Crippen LogP contribution in [0.15, 0.2) is 152 Å². The largest absolute Gasteiger partial charge is 0.310 e. The molecule has 0 radical (unpaired) electrons. The molecule has 0 fully saturated rings. The molecule has 0 spiro atoms. The van der Waals surface area contributed by atoms with E-state index in [9.17, 15) is 5.26 Å². The molecule has 0 saturated heterocycles. The third-order valence-corrected chi connectivity index (χ3v) is 12.4. The quantitative estimate of drug-likeness (QED) is 0.125. The fourth-order valence-electron chi connectivity index (χ4n) is 10.3. The summed E-state index contributed by atoms with van der Waals surface area (Å²) in [4.78, 5) is 3.90. The van der Waals surface area contributed by atoms with Gasteiger partial charge in [-0.1, -0.05) is 109 Å². The smallest absolute Gasteiger partial charge is 0.252 e. The molecule has 13 rings (SSSR count). The van der Waals surface area contributed by atoms with Gasteiger partial charge in [0.2, 0.25) is 0 Å². The first-order valence-electron chi connectivity index (χ1n) is 18.6. The van der Waals surface area contributed by atoms with Crippen LogP contribution in [0.25, 0.3) is 103 Å². The molecule has 55 heavy (non-hydrogen) atoms. The van der Waals surface area contributed by atoms with Crippen LogP contribution in [0.4, 0.5) is 5.69 Å². The Kier molecular flexibility index (Phi) is 5.30. The predicted octanol–water partition coefficient (Wildman–Crippen LogP) is 10.6. The zero-order valence-electron chi connectivity index (χ0n) is 29.3. The summed E-state index contributed by atoms with van der Waals surface area (Å²) in [5.74, 6) is 0. The van der Waals surface area contributed by atoms with E-state index < -0.39 is 0 Å². The molecule has 4 nitrogen and oxygen atoms in total. The number of fused-ring (bicyclic) bond motifs is 15. The van der Waals surface area contributed by atoms with Crippen LogP contribution in [0.1, 0.15) is 5.56 Å². The van der Waals surface area contributed by atoms with Gasteiger partial charge in [-0.05, 0) is 108 Å². The van der Waals surface area contributed by atoms with Gasteiger partial charge in [-0.15, -0.1) is 0 Å². The number of aromatic nitrogens is 2. The summed E-state index contributed by atoms with van der Waals surface area (Å²) < 4.78 is 4.98. The maximum absolute atomic E-state index is 10.1. The zero-order chi connectivity index (χ0) is 36.1. The van der Waals surface area contributed by atoms with Gasteiger partial charge < -0.3 is 9.13 Å². The Morgan fingerprint density at radius 3 is 1.73 bits per heavy atom. The van der Waals surface area contributed by atoms with Crippen molar-refractivity contribution in [3.05, 3.63) is 169 Å². The van der Waals surface area contributed by atoms with E-state index >= 15 is 0 Å². The van der Waals surface area contributed by atoms with E-state index in [0.717, 1.165) is 38.7 Å². The molecule has 2 aliphatic heterocycles. The lowest BCUT2D eigenvalue weighted by atomic mass is 9.34. The van der Waals surface area contributed by atoms with Gasteiger partial charge in [0, 0.05) is 33.1 Å². The minimum absolute atomic E-state index is 0.0600. The zero-order valence-corrected chi connectivity index (χ0v) is 29.3. The highest BCUT2D eigenvalue weighted by molar-refractivity contribution is 7.00. The lowest BCUT2D eigenvalue weighted by Crippen LogP contribution is -2.59. The summed E-state index contributed by atoms with van der Waals surface area (Å²) in [6.07, 6.45) is 0. The molecule has 4 heterocycles. The van der Waals surface area contributed by atoms with Crippen molar-refractivity contribution in [2.45, 2.75) is 0 Å². The van der Waals surface area contributed by atoms with Crippen LogP contribution >= 0.6 is 0 Å². The van der Waals surface area contributed by atoms with Crippen molar-refractivity contribution in [3.63, 3.8) is 0 Å². The highest BCUT2D eigenvalue weighted by Crippen LogP contribution is 2.45. The Morgan fingerprint density at radius 1 is 0.527 bits per heavy atom. The molecule has 9 aromatic carbocycles. The number of benzene rings is 9. The number of nitriles is 1. The van der Waals surface area contributed by atoms with Gasteiger partial charge in [-0.2, -0.15) is 5.26 Å². The van der Waals surface area contributed by atoms with Crippen LogP contribution < -0.4 is 16.4 Å². The van der Waals surface area contributed by atoms with Crippen molar-refractivity contribution in [1.29, 1.82) is 5.26 Å². The summed E-state index contributed by atoms with van der Waals surface area (Å²) in [7, 11) is 0. The normalized spacial score (nSPS) is 12.7. The van der Waals surface area contributed by atoms with Gasteiger partial charge >= 0.3 is 0 Å². The molecule has 0 amide bonds. The van der Waals surface area contributed by atoms with Crippen LogP contribution in [0.5, 0.6) is 0 Å². The minimum Gasteiger partial charge on any atom is -0.310 e. The SMILES string of the molecule is [C-]#[N+]c1ccc2c(c1)c1c3ccccc3cc3c1n2-c1cc(-c2cccc4ccccc24)cc2c1B3c1cc3ccccc3c3c4cc(C#N)ccc4n-2c13. The maximum atomic E-state index is 10.1. The summed E-state index contributed by atoms with van der Waals surface area (Å²) in [6.45, 7) is 7.92. The molecule has 0 saturated carbocycles. The summed E-state index contributed by atoms with van der Waals surface area (Å²) >= 11 is 0. The van der Waals surface area contributed by atoms with Gasteiger partial charge in [-0.3, -0.25) is 0 Å². The summed E-state index contributed by atoms with van der Waals surface area (Å²) in [5.41, 5.74) is 14.3. The molecule has 0 bridgehead atoms. The van der Waals surface area contributed by atoms with E-state index in [1.54, 1.807) is 0 Å². The molecule has 2 aliphatic rings. The number of hydrogen-bond acceptors (Lipinski definition) is 1. The monoisotopic (exact) mass is 692 g/mol. The third-order valence-electron chi connectivity index (χ3n) is 12.4. The second kappa shape index (κ2) is 10.1. The van der Waals surface area contributed by atoms with Crippen LogP contribution in [-0.4, -0.2) is 15.8 Å². The summed E-state index contributed by atoms with van der Waals surface area (Å²) in [5, 5.41) is 21.9. The fraction of sp³-hybridized carbons (Fsp3) is 0. The Labute approximate surface area is 315 Å². The lowest BCUT2D eigenvalue weighted by molar-refractivity contribution is 1.14. The first-order chi connectivity index (χ1) is 27.2. The molecule has 0 N–H and O–H groups in total. The lowest BCUT2D eigenvalue weighted by Gasteiger charge is -2.34. The molecule has 0 atom stereocenters. The third kappa shape index (κ3) is 3.51. The first kappa shape index (κ1) is 28.9. The van der Waals surface area contributed by atoms with E-state index in [2.05, 4.69) is 160 Å². The van der Waals surface area contributed by atoms with Crippen LogP contribution in [0.3, 0.4) is 0 Å². The predicted molar refractivity (Wildman–Crippen MR) is 229 cm³/mol. The molecular formula is C50H25BN4. The van der Waals surface area contributed by atoms with Crippen LogP contribution in [0, 0.1) is 17.9 Å². The van der Waals surface area contributed by atoms with Crippen molar-refractivity contribution in [1.82, 2.24) is 9.13 Å². The van der Waals surface area contributed by atoms with Crippen molar-refractivity contribution >= 4 is 105 Å². The molecule has 5 heteroatoms. The Hall–Kier alpha value is -7.60. The van der Waals surface area contributed by atoms with Gasteiger partial charge in [0.25, 0.3) is 6.71 Å². The van der Waals surface area contributed by atoms with E-state index in [1.807, 2.05) is 12.1 Å². The highest BCUT2D eigenvalue weighted by atomic mass is 15.0. The molecule has 2 aromatic heterocycles. The van der Waals surface area contributed by atoms with E-state index in [-0.39, 0.29) is 6.71 Å². The van der Waals surface area contributed by atoms with Gasteiger partial charge in [0.1, 0.15) is 0 Å². The molecule has 0 unspecified atom stereocenters. The standard InChI is InChI=1S/C50H25BN4/c1-53-33-18-20-43-39(26-33)47-37-15-7-4-11-31(37)23-41-50(47)55(43)45-25-32(35-16-8-12-29-9-2-5-13-34(29)35)24-44-48(45)51(41)40-22-30-10-3-6-14-36(30)46-38-21-28(27-52)17-19-42(38)54(44)49(40)46/h2-26H. The Morgan fingerprint density at radius 2 is 1.09 bits per heavy atom. The van der Waals surface area contributed by atoms with Crippen LogP contribution in [-0.2, 0) is 0 Å². The Balaban J connectivity index is 1.31. The van der Waals surface area contributed by atoms with E-state index in [0.29, 0.717) is 11.3 Å². The Bertz CT molecular complexity index is 3490. The van der Waals surface area contributed by atoms with Crippen molar-refractivity contribution < 1.29 is 0 Å². The van der Waals surface area contributed by atoms with E-state index in [4.69, 9.17) is 6.57 Å². The minimum atomic E-state index is -0.0600. The maximum Gasteiger partial charge on any atom is 0.252 e. The molecular weight excluding hydrogens is 667 g/mol. The van der Waals surface area contributed by atoms with Crippen molar-refractivity contribution in [3.8, 4) is 28.6 Å². The number of hydrogen-bond donors (Lipinski definition) is 0. The number of rotatable bonds is 1. The molecule has 11 aromatic rings. The average molecular weight is 693 g/mol. The second-order valence-corrected chi connectivity index (χ2v) is 15.0. The molecule has 248 valence electrons. The summed E-state index contributed by atoms with van der Waals surface area (Å²) in [6, 6.07) is 57.1.